The Hall–Kier alpha value is -3.80. The van der Waals surface area contributed by atoms with Gasteiger partial charge in [-0.1, -0.05) is 71.8 Å². The van der Waals surface area contributed by atoms with Crippen molar-refractivity contribution in [1.29, 1.82) is 0 Å². The van der Waals surface area contributed by atoms with Crippen molar-refractivity contribution in [2.75, 3.05) is 26.2 Å². The van der Waals surface area contributed by atoms with Gasteiger partial charge in [0.25, 0.3) is 0 Å². The van der Waals surface area contributed by atoms with E-state index in [-0.39, 0.29) is 0 Å². The van der Waals surface area contributed by atoms with E-state index in [1.807, 2.05) is 54.6 Å². The molecule has 4 aromatic rings. The summed E-state index contributed by atoms with van der Waals surface area (Å²) in [6.07, 6.45) is 5.71. The normalized spacial score (nSPS) is 14.9. The number of benzene rings is 3. The Morgan fingerprint density at radius 1 is 0.870 bits per heavy atom. The topological polar surface area (TPSA) is 79.4 Å². The molecule has 1 saturated heterocycles. The highest BCUT2D eigenvalue weighted by molar-refractivity contribution is 6.31. The number of halogens is 2. The van der Waals surface area contributed by atoms with Gasteiger partial charge in [0.1, 0.15) is 0 Å². The van der Waals surface area contributed by atoms with E-state index in [1.165, 1.54) is 49.2 Å². The van der Waals surface area contributed by atoms with Crippen LogP contribution < -0.4 is 11.1 Å². The summed E-state index contributed by atoms with van der Waals surface area (Å²) in [6.45, 7) is 6.90. The number of aryl methyl sites for hydroxylation is 1. The molecule has 6 rings (SSSR count). The molecule has 9 heteroatoms. The Morgan fingerprint density at radius 2 is 1.59 bits per heavy atom. The van der Waals surface area contributed by atoms with Crippen LogP contribution in [0.25, 0.3) is 11.3 Å². The highest BCUT2D eigenvalue weighted by Gasteiger charge is 2.27. The third-order valence-corrected chi connectivity index (χ3v) is 9.43. The maximum atomic E-state index is 12.1. The Bertz CT molecular complexity index is 1720. The number of fused-ring (bicyclic) bond motifs is 1. The van der Waals surface area contributed by atoms with E-state index in [0.717, 1.165) is 72.0 Å². The first-order chi connectivity index (χ1) is 22.4. The van der Waals surface area contributed by atoms with Gasteiger partial charge in [0.05, 0.1) is 17.3 Å². The van der Waals surface area contributed by atoms with Crippen LogP contribution >= 0.6 is 23.2 Å². The summed E-state index contributed by atoms with van der Waals surface area (Å²) >= 11 is 12.6. The summed E-state index contributed by atoms with van der Waals surface area (Å²) in [5.74, 6) is 6.56. The molecular formula is C37H40Cl2N6O. The molecule has 2 aliphatic rings. The number of hydrogen-bond donors (Lipinski definition) is 2. The average Bonchev–Trinajstić information content (AvgIpc) is 3.44. The lowest BCUT2D eigenvalue weighted by atomic mass is 9.99. The highest BCUT2D eigenvalue weighted by atomic mass is 35.5. The smallest absolute Gasteiger partial charge is 0.315 e. The van der Waals surface area contributed by atoms with Crippen LogP contribution in [-0.4, -0.2) is 51.8 Å². The van der Waals surface area contributed by atoms with E-state index >= 15 is 0 Å². The summed E-state index contributed by atoms with van der Waals surface area (Å²) in [5, 5.41) is 9.90. The fourth-order valence-electron chi connectivity index (χ4n) is 6.29. The molecule has 3 N–H and O–H groups in total. The second-order valence-corrected chi connectivity index (χ2v) is 13.0. The summed E-state index contributed by atoms with van der Waals surface area (Å²) in [5.41, 5.74) is 13.8. The van der Waals surface area contributed by atoms with Crippen molar-refractivity contribution in [3.8, 4) is 23.1 Å². The minimum atomic E-state index is -0.402. The van der Waals surface area contributed by atoms with Gasteiger partial charge in [0.2, 0.25) is 0 Å². The van der Waals surface area contributed by atoms with Crippen molar-refractivity contribution in [3.63, 3.8) is 0 Å². The molecule has 3 heterocycles. The molecule has 238 valence electrons. The van der Waals surface area contributed by atoms with E-state index in [0.29, 0.717) is 18.1 Å². The Labute approximate surface area is 281 Å². The maximum Gasteiger partial charge on any atom is 0.315 e. The highest BCUT2D eigenvalue weighted by Crippen LogP contribution is 2.32. The molecule has 0 bridgehead atoms. The number of aromatic nitrogens is 2. The monoisotopic (exact) mass is 654 g/mol. The van der Waals surface area contributed by atoms with Crippen molar-refractivity contribution >= 4 is 29.2 Å². The number of piperidine rings is 1. The minimum Gasteiger partial charge on any atom is -0.351 e. The fourth-order valence-corrected chi connectivity index (χ4v) is 6.58. The van der Waals surface area contributed by atoms with Gasteiger partial charge >= 0.3 is 6.03 Å². The molecule has 1 aromatic heterocycles. The quantitative estimate of drug-likeness (QED) is 0.193. The number of likely N-dealkylation sites (tertiary alicyclic amines) is 1. The summed E-state index contributed by atoms with van der Waals surface area (Å²) in [4.78, 5) is 16.4. The van der Waals surface area contributed by atoms with Crippen molar-refractivity contribution < 1.29 is 4.79 Å². The molecule has 1 fully saturated rings. The largest absolute Gasteiger partial charge is 0.351 e. The molecule has 0 atom stereocenters. The molecule has 2 amide bonds. The van der Waals surface area contributed by atoms with Crippen LogP contribution in [0.5, 0.6) is 0 Å². The number of amides is 2. The number of urea groups is 1. The standard InChI is InChI=1S/C37H40Cl2N6O/c38-32-14-10-29(11-15-32)25-41-24-28-7-5-27(6-8-28)9-12-30-23-31(13-16-34(30)39)36-33-26-44(37(40)46)22-17-35(33)45(42-36)21-4-20-43-18-2-1-3-19-43/h5-8,10-11,13-16,23,41H,1-4,17-22,24-26H2,(H2,40,46). The molecule has 46 heavy (non-hydrogen) atoms. The molecule has 2 aliphatic heterocycles. The van der Waals surface area contributed by atoms with Gasteiger partial charge in [-0.15, -0.1) is 0 Å². The first-order valence-electron chi connectivity index (χ1n) is 16.1. The molecule has 0 spiro atoms. The number of rotatable bonds is 9. The van der Waals surface area contributed by atoms with Crippen LogP contribution in [0.4, 0.5) is 4.79 Å². The van der Waals surface area contributed by atoms with Gasteiger partial charge in [-0.25, -0.2) is 4.79 Å². The van der Waals surface area contributed by atoms with E-state index < -0.39 is 6.03 Å². The van der Waals surface area contributed by atoms with Crippen LogP contribution in [0.2, 0.25) is 10.0 Å². The van der Waals surface area contributed by atoms with E-state index in [9.17, 15) is 4.79 Å². The van der Waals surface area contributed by atoms with Crippen LogP contribution in [0.1, 0.15) is 59.2 Å². The molecule has 0 radical (unpaired) electrons. The lowest BCUT2D eigenvalue weighted by Gasteiger charge is -2.27. The van der Waals surface area contributed by atoms with Crippen molar-refractivity contribution in [1.82, 2.24) is 24.9 Å². The van der Waals surface area contributed by atoms with Crippen LogP contribution in [-0.2, 0) is 32.6 Å². The van der Waals surface area contributed by atoms with Gasteiger partial charge in [0, 0.05) is 65.6 Å². The number of primary amides is 1. The first kappa shape index (κ1) is 32.2. The van der Waals surface area contributed by atoms with Crippen LogP contribution in [0.15, 0.2) is 66.7 Å². The first-order valence-corrected chi connectivity index (χ1v) is 16.9. The van der Waals surface area contributed by atoms with Crippen molar-refractivity contribution in [2.45, 2.75) is 58.3 Å². The van der Waals surface area contributed by atoms with Gasteiger partial charge < -0.3 is 20.9 Å². The number of nitrogens with two attached hydrogens (primary N) is 1. The fraction of sp³-hybridized carbons (Fsp3) is 0.351. The summed E-state index contributed by atoms with van der Waals surface area (Å²) in [7, 11) is 0. The predicted octanol–water partition coefficient (Wildman–Crippen LogP) is 6.86. The van der Waals surface area contributed by atoms with E-state index in [1.54, 1.807) is 4.90 Å². The number of nitrogens with one attached hydrogen (secondary N) is 1. The zero-order chi connectivity index (χ0) is 31.9. The third kappa shape index (κ3) is 8.12. The molecule has 0 aliphatic carbocycles. The number of carbonyl (C=O) groups is 1. The minimum absolute atomic E-state index is 0.402. The van der Waals surface area contributed by atoms with Gasteiger partial charge in [0.15, 0.2) is 0 Å². The van der Waals surface area contributed by atoms with E-state index in [2.05, 4.69) is 38.9 Å². The molecule has 0 unspecified atom stereocenters. The van der Waals surface area contributed by atoms with Crippen LogP contribution in [0.3, 0.4) is 0 Å². The second-order valence-electron chi connectivity index (χ2n) is 12.1. The molecule has 3 aromatic carbocycles. The second kappa shape index (κ2) is 15.2. The van der Waals surface area contributed by atoms with Gasteiger partial charge in [-0.3, -0.25) is 4.68 Å². The molecular weight excluding hydrogens is 615 g/mol. The Kier molecular flexibility index (Phi) is 10.6. The van der Waals surface area contributed by atoms with Crippen LogP contribution in [0, 0.1) is 11.8 Å². The third-order valence-electron chi connectivity index (χ3n) is 8.85. The number of carbonyl (C=O) groups excluding carboxylic acids is 1. The Balaban J connectivity index is 1.16. The van der Waals surface area contributed by atoms with Gasteiger partial charge in [-0.2, -0.15) is 5.10 Å². The zero-order valence-corrected chi connectivity index (χ0v) is 27.6. The summed E-state index contributed by atoms with van der Waals surface area (Å²) < 4.78 is 2.15. The Morgan fingerprint density at radius 3 is 2.30 bits per heavy atom. The van der Waals surface area contributed by atoms with Crippen molar-refractivity contribution in [3.05, 3.63) is 110 Å². The van der Waals surface area contributed by atoms with Gasteiger partial charge in [-0.05, 0) is 86.4 Å². The summed E-state index contributed by atoms with van der Waals surface area (Å²) in [6, 6.07) is 21.6. The molecule has 0 saturated carbocycles. The number of nitrogens with zero attached hydrogens (tertiary/aromatic N) is 4. The average molecular weight is 656 g/mol. The molecule has 7 nitrogen and oxygen atoms in total. The van der Waals surface area contributed by atoms with E-state index in [4.69, 9.17) is 34.0 Å². The number of hydrogen-bond acceptors (Lipinski definition) is 4. The predicted molar refractivity (Wildman–Crippen MR) is 186 cm³/mol. The SMILES string of the molecule is NC(=O)N1CCc2c(c(-c3ccc(Cl)c(C#Cc4ccc(CNCc5ccc(Cl)cc5)cc4)c3)nn2CCCN2CCCCC2)C1. The van der Waals surface area contributed by atoms with Crippen molar-refractivity contribution in [2.24, 2.45) is 5.73 Å². The lowest BCUT2D eigenvalue weighted by molar-refractivity contribution is 0.201. The zero-order valence-electron chi connectivity index (χ0n) is 26.1. The lowest BCUT2D eigenvalue weighted by Crippen LogP contribution is -2.39. The maximum absolute atomic E-state index is 12.1.